The monoisotopic (exact) mass is 661 g/mol. The predicted octanol–water partition coefficient (Wildman–Crippen LogP) is 5.51. The van der Waals surface area contributed by atoms with Crippen molar-refractivity contribution in [2.24, 2.45) is 0 Å². The Morgan fingerprint density at radius 2 is 1.53 bits per heavy atom. The SMILES string of the molecule is CCCNC(=O)[C@@H](Cc1ccccc1)N(Cc1ccccc1F)C(=O)CN(c1ccc(OC)c(OC)c1)S(=O)(=O)c1ccc(C)cc1. The van der Waals surface area contributed by atoms with Crippen LogP contribution in [0, 0.1) is 12.7 Å². The van der Waals surface area contributed by atoms with E-state index in [2.05, 4.69) is 5.32 Å². The van der Waals surface area contributed by atoms with Gasteiger partial charge in [0.2, 0.25) is 11.8 Å². The van der Waals surface area contributed by atoms with E-state index in [4.69, 9.17) is 9.47 Å². The highest BCUT2D eigenvalue weighted by molar-refractivity contribution is 7.92. The minimum Gasteiger partial charge on any atom is -0.493 e. The highest BCUT2D eigenvalue weighted by atomic mass is 32.2. The molecular weight excluding hydrogens is 621 g/mol. The zero-order valence-electron chi connectivity index (χ0n) is 27.0. The molecule has 0 aliphatic heterocycles. The molecule has 9 nitrogen and oxygen atoms in total. The number of ether oxygens (including phenoxy) is 2. The summed E-state index contributed by atoms with van der Waals surface area (Å²) in [6, 6.07) is 24.9. The van der Waals surface area contributed by atoms with Crippen molar-refractivity contribution in [3.8, 4) is 11.5 Å². The van der Waals surface area contributed by atoms with Gasteiger partial charge in [0, 0.05) is 31.1 Å². The number of nitrogens with one attached hydrogen (secondary N) is 1. The summed E-state index contributed by atoms with van der Waals surface area (Å²) in [5, 5.41) is 2.87. The number of nitrogens with zero attached hydrogens (tertiary/aromatic N) is 2. The molecule has 11 heteroatoms. The van der Waals surface area contributed by atoms with Crippen LogP contribution in [0.25, 0.3) is 0 Å². The first-order valence-electron chi connectivity index (χ1n) is 15.2. The Hall–Kier alpha value is -4.90. The molecule has 0 spiro atoms. The molecule has 248 valence electrons. The maximum absolute atomic E-state index is 15.1. The van der Waals surface area contributed by atoms with Gasteiger partial charge in [-0.05, 0) is 49.2 Å². The Balaban J connectivity index is 1.84. The zero-order valence-corrected chi connectivity index (χ0v) is 27.8. The summed E-state index contributed by atoms with van der Waals surface area (Å²) >= 11 is 0. The minimum atomic E-state index is -4.33. The highest BCUT2D eigenvalue weighted by Gasteiger charge is 2.35. The van der Waals surface area contributed by atoms with Crippen LogP contribution in [0.4, 0.5) is 10.1 Å². The molecule has 0 radical (unpaired) electrons. The number of carbonyl (C=O) groups excluding carboxylic acids is 2. The van der Waals surface area contributed by atoms with Gasteiger partial charge < -0.3 is 19.7 Å². The number of carbonyl (C=O) groups is 2. The van der Waals surface area contributed by atoms with Gasteiger partial charge >= 0.3 is 0 Å². The molecule has 0 saturated carbocycles. The minimum absolute atomic E-state index is 0.0344. The second-order valence-electron chi connectivity index (χ2n) is 11.0. The first-order valence-corrected chi connectivity index (χ1v) is 16.7. The number of aryl methyl sites for hydroxylation is 1. The summed E-state index contributed by atoms with van der Waals surface area (Å²) in [6.45, 7) is 3.15. The molecule has 0 saturated heterocycles. The third-order valence-corrected chi connectivity index (χ3v) is 9.45. The van der Waals surface area contributed by atoms with Crippen LogP contribution in [0.15, 0.2) is 102 Å². The normalized spacial score (nSPS) is 11.8. The molecule has 0 fully saturated rings. The van der Waals surface area contributed by atoms with E-state index in [-0.39, 0.29) is 34.9 Å². The van der Waals surface area contributed by atoms with E-state index in [1.165, 1.54) is 61.6 Å². The van der Waals surface area contributed by atoms with Gasteiger partial charge in [-0.3, -0.25) is 13.9 Å². The summed E-state index contributed by atoms with van der Waals surface area (Å²) < 4.78 is 55.3. The van der Waals surface area contributed by atoms with Crippen molar-refractivity contribution in [1.82, 2.24) is 10.2 Å². The average molecular weight is 662 g/mol. The Kier molecular flexibility index (Phi) is 12.0. The van der Waals surface area contributed by atoms with Crippen molar-refractivity contribution < 1.29 is 31.9 Å². The number of hydrogen-bond donors (Lipinski definition) is 1. The number of sulfonamides is 1. The molecule has 0 aliphatic rings. The van der Waals surface area contributed by atoms with Crippen LogP contribution in [-0.2, 0) is 32.6 Å². The molecule has 4 aromatic carbocycles. The molecule has 0 aliphatic carbocycles. The van der Waals surface area contributed by atoms with E-state index < -0.39 is 40.2 Å². The summed E-state index contributed by atoms with van der Waals surface area (Å²) in [7, 11) is -1.45. The lowest BCUT2D eigenvalue weighted by molar-refractivity contribution is -0.140. The molecule has 0 bridgehead atoms. The van der Waals surface area contributed by atoms with E-state index >= 15 is 4.39 Å². The Bertz CT molecular complexity index is 1770. The van der Waals surface area contributed by atoms with Gasteiger partial charge in [0.25, 0.3) is 10.0 Å². The number of benzene rings is 4. The molecular formula is C36H40FN3O6S. The summed E-state index contributed by atoms with van der Waals surface area (Å²) in [5.74, 6) is -1.06. The quantitative estimate of drug-likeness (QED) is 0.180. The van der Waals surface area contributed by atoms with Crippen molar-refractivity contribution in [1.29, 1.82) is 0 Å². The number of anilines is 1. The molecule has 2 amide bonds. The fourth-order valence-corrected chi connectivity index (χ4v) is 6.48. The first-order chi connectivity index (χ1) is 22.6. The molecule has 4 rings (SSSR count). The summed E-state index contributed by atoms with van der Waals surface area (Å²) in [4.78, 5) is 29.5. The van der Waals surface area contributed by atoms with Crippen molar-refractivity contribution in [3.63, 3.8) is 0 Å². The van der Waals surface area contributed by atoms with Crippen molar-refractivity contribution >= 4 is 27.5 Å². The van der Waals surface area contributed by atoms with Crippen LogP contribution in [0.5, 0.6) is 11.5 Å². The third-order valence-electron chi connectivity index (χ3n) is 7.66. The maximum Gasteiger partial charge on any atom is 0.264 e. The lowest BCUT2D eigenvalue weighted by Gasteiger charge is -2.34. The van der Waals surface area contributed by atoms with Gasteiger partial charge in [-0.25, -0.2) is 12.8 Å². The second-order valence-corrected chi connectivity index (χ2v) is 12.8. The van der Waals surface area contributed by atoms with Gasteiger partial charge in [0.05, 0.1) is 24.8 Å². The predicted molar refractivity (Wildman–Crippen MR) is 179 cm³/mol. The third kappa shape index (κ3) is 8.68. The summed E-state index contributed by atoms with van der Waals surface area (Å²) in [5.41, 5.74) is 1.95. The number of amides is 2. The molecule has 47 heavy (non-hydrogen) atoms. The van der Waals surface area contributed by atoms with Gasteiger partial charge in [-0.2, -0.15) is 0 Å². The number of hydrogen-bond acceptors (Lipinski definition) is 6. The van der Waals surface area contributed by atoms with E-state index in [0.717, 1.165) is 15.4 Å². The summed E-state index contributed by atoms with van der Waals surface area (Å²) in [6.07, 6.45) is 0.782. The van der Waals surface area contributed by atoms with E-state index in [1.807, 2.05) is 44.2 Å². The van der Waals surface area contributed by atoms with E-state index in [0.29, 0.717) is 18.7 Å². The highest BCUT2D eigenvalue weighted by Crippen LogP contribution is 2.34. The average Bonchev–Trinajstić information content (AvgIpc) is 3.08. The fourth-order valence-electron chi connectivity index (χ4n) is 5.08. The van der Waals surface area contributed by atoms with Crippen LogP contribution in [0.1, 0.15) is 30.0 Å². The van der Waals surface area contributed by atoms with Crippen LogP contribution in [-0.4, -0.2) is 58.5 Å². The first kappa shape index (κ1) is 35.0. The largest absolute Gasteiger partial charge is 0.493 e. The lowest BCUT2D eigenvalue weighted by Crippen LogP contribution is -2.53. The Labute approximate surface area is 276 Å². The molecule has 0 aromatic heterocycles. The topological polar surface area (TPSA) is 105 Å². The van der Waals surface area contributed by atoms with Gasteiger partial charge in [0.15, 0.2) is 11.5 Å². The molecule has 1 N–H and O–H groups in total. The lowest BCUT2D eigenvalue weighted by atomic mass is 10.0. The van der Waals surface area contributed by atoms with Crippen molar-refractivity contribution in [2.45, 2.75) is 44.2 Å². The second kappa shape index (κ2) is 16.1. The van der Waals surface area contributed by atoms with Gasteiger partial charge in [-0.1, -0.05) is 73.2 Å². The standard InChI is InChI=1S/C36H40FN3O6S/c1-5-21-38-36(42)32(22-27-11-7-6-8-12-27)39(24-28-13-9-10-14-31(28)37)35(41)25-40(29-17-20-33(45-3)34(23-29)46-4)47(43,44)30-18-15-26(2)16-19-30/h6-20,23,32H,5,21-22,24-25H2,1-4H3,(H,38,42)/t32-/m1/s1. The Morgan fingerprint density at radius 1 is 0.872 bits per heavy atom. The fraction of sp³-hybridized carbons (Fsp3) is 0.278. The maximum atomic E-state index is 15.1. The Morgan fingerprint density at radius 3 is 2.17 bits per heavy atom. The van der Waals surface area contributed by atoms with Crippen LogP contribution >= 0.6 is 0 Å². The van der Waals surface area contributed by atoms with Crippen LogP contribution < -0.4 is 19.1 Å². The molecule has 0 heterocycles. The molecule has 0 unspecified atom stereocenters. The van der Waals surface area contributed by atoms with Crippen molar-refractivity contribution in [2.75, 3.05) is 31.6 Å². The van der Waals surface area contributed by atoms with Crippen LogP contribution in [0.3, 0.4) is 0 Å². The number of rotatable bonds is 15. The van der Waals surface area contributed by atoms with Gasteiger partial charge in [0.1, 0.15) is 18.4 Å². The van der Waals surface area contributed by atoms with Gasteiger partial charge in [-0.15, -0.1) is 0 Å². The smallest absolute Gasteiger partial charge is 0.264 e. The van der Waals surface area contributed by atoms with E-state index in [9.17, 15) is 18.0 Å². The number of methoxy groups -OCH3 is 2. The van der Waals surface area contributed by atoms with E-state index in [1.54, 1.807) is 24.3 Å². The molecule has 1 atom stereocenters. The number of halogens is 1. The van der Waals surface area contributed by atoms with Crippen molar-refractivity contribution in [3.05, 3.63) is 120 Å². The zero-order chi connectivity index (χ0) is 34.0. The van der Waals surface area contributed by atoms with Crippen LogP contribution in [0.2, 0.25) is 0 Å². The molecule has 4 aromatic rings.